The number of hydrogen-bond donors (Lipinski definition) is 3. The molecule has 2 saturated heterocycles. The van der Waals surface area contributed by atoms with Crippen LogP contribution >= 0.6 is 23.2 Å². The number of piperidine rings is 1. The van der Waals surface area contributed by atoms with Crippen LogP contribution in [0.4, 0.5) is 0 Å². The molecular weight excluding hydrogens is 611 g/mol. The van der Waals surface area contributed by atoms with E-state index < -0.39 is 16.1 Å². The lowest BCUT2D eigenvalue weighted by atomic mass is 9.97. The Morgan fingerprint density at radius 1 is 1.14 bits per heavy atom. The van der Waals surface area contributed by atoms with Gasteiger partial charge in [0.2, 0.25) is 15.9 Å². The molecule has 3 aromatic rings. The van der Waals surface area contributed by atoms with Gasteiger partial charge in [-0.05, 0) is 75.3 Å². The maximum absolute atomic E-state index is 13.9. The number of carbonyl (C=O) groups is 1. The fourth-order valence-corrected chi connectivity index (χ4v) is 8.41. The summed E-state index contributed by atoms with van der Waals surface area (Å²) in [7, 11) is -4.12. The molecule has 1 amide bonds. The van der Waals surface area contributed by atoms with Crippen LogP contribution in [0.2, 0.25) is 10.0 Å². The SMILES string of the molecule is Cc1cc(C)c2cccc(OCc3c(Cl)ccc(S(=O)(=O)N4CCC[C@H]4C(=O)NCC4CCN(C(=N)N)CC4)c3Cl)c2n1. The maximum Gasteiger partial charge on any atom is 0.245 e. The summed E-state index contributed by atoms with van der Waals surface area (Å²) in [5.41, 5.74) is 8.53. The number of nitrogens with zero attached hydrogens (tertiary/aromatic N) is 3. The number of halogens is 2. The van der Waals surface area contributed by atoms with Gasteiger partial charge in [-0.3, -0.25) is 10.2 Å². The molecule has 0 saturated carbocycles. The van der Waals surface area contributed by atoms with Crippen molar-refractivity contribution < 1.29 is 17.9 Å². The number of nitrogens with two attached hydrogens (primary N) is 1. The molecular formula is C30H36Cl2N6O4S. The number of guanidine groups is 1. The van der Waals surface area contributed by atoms with E-state index in [9.17, 15) is 13.2 Å². The number of para-hydroxylation sites is 1. The monoisotopic (exact) mass is 646 g/mol. The third kappa shape index (κ3) is 6.55. The molecule has 1 atom stereocenters. The highest BCUT2D eigenvalue weighted by Gasteiger charge is 2.41. The summed E-state index contributed by atoms with van der Waals surface area (Å²) in [4.78, 5) is 19.5. The van der Waals surface area contributed by atoms with Crippen molar-refractivity contribution >= 4 is 56.0 Å². The van der Waals surface area contributed by atoms with Crippen LogP contribution < -0.4 is 15.8 Å². The predicted octanol–water partition coefficient (Wildman–Crippen LogP) is 4.61. The first-order valence-corrected chi connectivity index (χ1v) is 16.5. The van der Waals surface area contributed by atoms with Gasteiger partial charge in [-0.2, -0.15) is 4.31 Å². The standard InChI is InChI=1S/C30H36Cl2N6O4S/c1-18-15-19(2)36-28-21(18)5-3-7-25(28)42-17-22-23(31)8-9-26(27(22)32)43(40,41)38-12-4-6-24(38)29(39)35-16-20-10-13-37(14-11-20)30(33)34/h3,5,7-9,15,20,24H,4,6,10-14,16-17H2,1-2H3,(H3,33,34)(H,35,39)/t24-/m0/s1. The van der Waals surface area contributed by atoms with E-state index in [1.807, 2.05) is 32.0 Å². The van der Waals surface area contributed by atoms with Crippen molar-refractivity contribution in [3.05, 3.63) is 63.3 Å². The van der Waals surface area contributed by atoms with Crippen LogP contribution in [-0.4, -0.2) is 66.7 Å². The molecule has 2 aliphatic heterocycles. The first kappa shape index (κ1) is 31.3. The van der Waals surface area contributed by atoms with E-state index in [0.29, 0.717) is 49.3 Å². The van der Waals surface area contributed by atoms with Crippen LogP contribution in [0.3, 0.4) is 0 Å². The zero-order valence-electron chi connectivity index (χ0n) is 24.2. The second-order valence-electron chi connectivity index (χ2n) is 11.2. The highest BCUT2D eigenvalue weighted by Crippen LogP contribution is 2.36. The number of pyridine rings is 1. The van der Waals surface area contributed by atoms with E-state index in [1.54, 1.807) is 11.0 Å². The smallest absolute Gasteiger partial charge is 0.245 e. The van der Waals surface area contributed by atoms with Crippen molar-refractivity contribution in [3.8, 4) is 5.75 Å². The molecule has 1 aromatic heterocycles. The molecule has 2 fully saturated rings. The number of amides is 1. The molecule has 43 heavy (non-hydrogen) atoms. The molecule has 0 unspecified atom stereocenters. The average Bonchev–Trinajstić information content (AvgIpc) is 3.47. The van der Waals surface area contributed by atoms with Crippen LogP contribution in [0.25, 0.3) is 10.9 Å². The van der Waals surface area contributed by atoms with E-state index in [-0.39, 0.29) is 45.9 Å². The molecule has 5 rings (SSSR count). The third-order valence-corrected chi connectivity index (χ3v) is 11.1. The topological polar surface area (TPSA) is 142 Å². The number of sulfonamides is 1. The molecule has 10 nitrogen and oxygen atoms in total. The van der Waals surface area contributed by atoms with Crippen molar-refractivity contribution in [2.75, 3.05) is 26.2 Å². The number of aryl methyl sites for hydroxylation is 2. The van der Waals surface area contributed by atoms with Gasteiger partial charge in [-0.25, -0.2) is 13.4 Å². The summed E-state index contributed by atoms with van der Waals surface area (Å²) in [6.07, 6.45) is 2.57. The number of aromatic nitrogens is 1. The zero-order chi connectivity index (χ0) is 30.9. The van der Waals surface area contributed by atoms with E-state index in [2.05, 4.69) is 10.3 Å². The molecule has 0 radical (unpaired) electrons. The molecule has 230 valence electrons. The summed E-state index contributed by atoms with van der Waals surface area (Å²) >= 11 is 13.2. The van der Waals surface area contributed by atoms with Crippen molar-refractivity contribution in [3.63, 3.8) is 0 Å². The largest absolute Gasteiger partial charge is 0.487 e. The average molecular weight is 648 g/mol. The Morgan fingerprint density at radius 3 is 2.60 bits per heavy atom. The van der Waals surface area contributed by atoms with Crippen LogP contribution in [0.1, 0.15) is 42.5 Å². The van der Waals surface area contributed by atoms with E-state index in [4.69, 9.17) is 39.1 Å². The number of fused-ring (bicyclic) bond motifs is 1. The number of nitrogens with one attached hydrogen (secondary N) is 2. The van der Waals surface area contributed by atoms with E-state index >= 15 is 0 Å². The van der Waals surface area contributed by atoms with Crippen molar-refractivity contribution in [1.29, 1.82) is 5.41 Å². The molecule has 2 aliphatic rings. The molecule has 3 heterocycles. The highest BCUT2D eigenvalue weighted by atomic mass is 35.5. The van der Waals surface area contributed by atoms with Gasteiger partial charge in [0, 0.05) is 47.8 Å². The molecule has 0 bridgehead atoms. The Hall–Kier alpha value is -3.12. The lowest BCUT2D eigenvalue weighted by molar-refractivity contribution is -0.124. The molecule has 2 aromatic carbocycles. The van der Waals surface area contributed by atoms with Gasteiger partial charge in [0.15, 0.2) is 5.96 Å². The van der Waals surface area contributed by atoms with Crippen molar-refractivity contribution in [2.45, 2.75) is 57.1 Å². The van der Waals surface area contributed by atoms with Gasteiger partial charge in [-0.1, -0.05) is 35.3 Å². The first-order valence-electron chi connectivity index (χ1n) is 14.3. The van der Waals surface area contributed by atoms with Gasteiger partial charge in [-0.15, -0.1) is 0 Å². The number of hydrogen-bond acceptors (Lipinski definition) is 6. The van der Waals surface area contributed by atoms with Crippen LogP contribution in [-0.2, 0) is 21.4 Å². The van der Waals surface area contributed by atoms with Crippen LogP contribution in [0.15, 0.2) is 41.3 Å². The minimum atomic E-state index is -4.12. The third-order valence-electron chi connectivity index (χ3n) is 8.27. The van der Waals surface area contributed by atoms with Gasteiger partial charge in [0.1, 0.15) is 28.8 Å². The molecule has 0 spiro atoms. The van der Waals surface area contributed by atoms with Crippen molar-refractivity contribution in [1.82, 2.24) is 19.5 Å². The maximum atomic E-state index is 13.9. The van der Waals surface area contributed by atoms with Crippen LogP contribution in [0.5, 0.6) is 5.75 Å². The number of rotatable bonds is 8. The Labute approximate surface area is 262 Å². The fourth-order valence-electron chi connectivity index (χ4n) is 5.89. The molecule has 0 aliphatic carbocycles. The lowest BCUT2D eigenvalue weighted by Gasteiger charge is -2.32. The van der Waals surface area contributed by atoms with Gasteiger partial charge < -0.3 is 20.7 Å². The molecule has 4 N–H and O–H groups in total. The van der Waals surface area contributed by atoms with E-state index in [1.165, 1.54) is 16.4 Å². The quantitative estimate of drug-likeness (QED) is 0.240. The minimum absolute atomic E-state index is 0.0312. The summed E-state index contributed by atoms with van der Waals surface area (Å²) in [5, 5.41) is 11.7. The second-order valence-corrected chi connectivity index (χ2v) is 13.8. The Kier molecular flexibility index (Phi) is 9.36. The van der Waals surface area contributed by atoms with Gasteiger partial charge in [0.25, 0.3) is 0 Å². The summed E-state index contributed by atoms with van der Waals surface area (Å²) < 4.78 is 35.1. The number of likely N-dealkylation sites (tertiary alicyclic amines) is 1. The lowest BCUT2D eigenvalue weighted by Crippen LogP contribution is -2.48. The van der Waals surface area contributed by atoms with Gasteiger partial charge in [0.05, 0.1) is 5.02 Å². The highest BCUT2D eigenvalue weighted by molar-refractivity contribution is 7.89. The van der Waals surface area contributed by atoms with Gasteiger partial charge >= 0.3 is 0 Å². The van der Waals surface area contributed by atoms with E-state index in [0.717, 1.165) is 29.5 Å². The summed E-state index contributed by atoms with van der Waals surface area (Å²) in [6, 6.07) is 9.69. The summed E-state index contributed by atoms with van der Waals surface area (Å²) in [5.74, 6) is 0.510. The fraction of sp³-hybridized carbons (Fsp3) is 0.433. The normalized spacial score (nSPS) is 18.2. The zero-order valence-corrected chi connectivity index (χ0v) is 26.5. The Bertz CT molecular complexity index is 1660. The predicted molar refractivity (Wildman–Crippen MR) is 168 cm³/mol. The second kappa shape index (κ2) is 12.9. The molecule has 13 heteroatoms. The first-order chi connectivity index (χ1) is 20.5. The Morgan fingerprint density at radius 2 is 1.88 bits per heavy atom. The summed E-state index contributed by atoms with van der Waals surface area (Å²) in [6.45, 7) is 5.84. The Balaban J connectivity index is 1.31. The number of benzene rings is 2. The number of ether oxygens (including phenoxy) is 1. The minimum Gasteiger partial charge on any atom is -0.487 e. The number of carbonyl (C=O) groups excluding carboxylic acids is 1. The van der Waals surface area contributed by atoms with Crippen LogP contribution in [0, 0.1) is 25.2 Å². The van der Waals surface area contributed by atoms with Crippen molar-refractivity contribution in [2.24, 2.45) is 11.7 Å².